The highest BCUT2D eigenvalue weighted by atomic mass is 14.2. The lowest BCUT2D eigenvalue weighted by molar-refractivity contribution is 0.624. The second-order valence-corrected chi connectivity index (χ2v) is 12.4. The molecule has 0 heterocycles. The van der Waals surface area contributed by atoms with Crippen LogP contribution in [0.2, 0.25) is 0 Å². The van der Waals surface area contributed by atoms with Gasteiger partial charge in [0.05, 0.1) is 0 Å². The average molecular weight is 565 g/mol. The smallest absolute Gasteiger partial charge is 0.00263 e. The van der Waals surface area contributed by atoms with Gasteiger partial charge in [0.25, 0.3) is 0 Å². The minimum absolute atomic E-state index is 0.474. The lowest BCUT2D eigenvalue weighted by Crippen LogP contribution is -1.97. The Morgan fingerprint density at radius 1 is 0.455 bits per heavy atom. The van der Waals surface area contributed by atoms with Crippen LogP contribution in [0.25, 0.3) is 76.1 Å². The Morgan fingerprint density at radius 2 is 1.05 bits per heavy atom. The molecule has 44 heavy (non-hydrogen) atoms. The van der Waals surface area contributed by atoms with E-state index in [0.29, 0.717) is 5.92 Å². The first-order valence-electron chi connectivity index (χ1n) is 16.1. The van der Waals surface area contributed by atoms with Gasteiger partial charge in [0.2, 0.25) is 0 Å². The third kappa shape index (κ3) is 4.45. The Balaban J connectivity index is 1.47. The van der Waals surface area contributed by atoms with Crippen LogP contribution in [-0.2, 0) is 0 Å². The Kier molecular flexibility index (Phi) is 6.64. The van der Waals surface area contributed by atoms with Crippen LogP contribution in [0.3, 0.4) is 0 Å². The van der Waals surface area contributed by atoms with E-state index in [9.17, 15) is 0 Å². The monoisotopic (exact) mass is 564 g/mol. The molecule has 0 N–H and O–H groups in total. The summed E-state index contributed by atoms with van der Waals surface area (Å²) in [7, 11) is 0. The number of unbranched alkanes of at least 4 members (excludes halogenated alkanes) is 1. The van der Waals surface area contributed by atoms with E-state index in [1.165, 1.54) is 101 Å². The van der Waals surface area contributed by atoms with Crippen LogP contribution in [0.5, 0.6) is 0 Å². The lowest BCUT2D eigenvalue weighted by Gasteiger charge is -2.20. The molecule has 0 saturated heterocycles. The fraction of sp³-hybridized carbons (Fsp3) is 0.136. The third-order valence-corrected chi connectivity index (χ3v) is 9.65. The highest BCUT2D eigenvalue weighted by Gasteiger charge is 2.17. The van der Waals surface area contributed by atoms with Crippen molar-refractivity contribution in [1.29, 1.82) is 0 Å². The molecule has 0 radical (unpaired) electrons. The topological polar surface area (TPSA) is 0 Å². The van der Waals surface area contributed by atoms with Gasteiger partial charge in [0, 0.05) is 0 Å². The molecule has 212 valence electrons. The van der Waals surface area contributed by atoms with Crippen molar-refractivity contribution in [1.82, 2.24) is 0 Å². The molecule has 0 aliphatic carbocycles. The molecule has 8 aromatic rings. The molecule has 0 heteroatoms. The molecule has 0 nitrogen and oxygen atoms in total. The maximum Gasteiger partial charge on any atom is -0.00263 e. The van der Waals surface area contributed by atoms with E-state index in [1.807, 2.05) is 0 Å². The van der Waals surface area contributed by atoms with E-state index in [0.717, 1.165) is 0 Å². The number of benzene rings is 8. The summed E-state index contributed by atoms with van der Waals surface area (Å²) in [4.78, 5) is 0. The highest BCUT2D eigenvalue weighted by molar-refractivity contribution is 6.20. The fourth-order valence-electron chi connectivity index (χ4n) is 7.34. The number of rotatable bonds is 6. The van der Waals surface area contributed by atoms with Crippen LogP contribution >= 0.6 is 0 Å². The Hall–Kier alpha value is -4.94. The summed E-state index contributed by atoms with van der Waals surface area (Å²) in [5.74, 6) is 0.474. The van der Waals surface area contributed by atoms with E-state index in [4.69, 9.17) is 0 Å². The largest absolute Gasteiger partial charge is 0.0654 e. The summed E-state index contributed by atoms with van der Waals surface area (Å²) in [5, 5.41) is 13.0. The maximum absolute atomic E-state index is 2.49. The molecule has 0 aliphatic heterocycles. The molecule has 0 aliphatic rings. The molecule has 0 spiro atoms. The predicted octanol–water partition coefficient (Wildman–Crippen LogP) is 13.1. The molecule has 0 aromatic heterocycles. The SMILES string of the molecule is CCCCC(C)c1cc(-c2cc3ccccc3c3ccccc23)cc(-c2c3ccccc3cc3c2ccc2ccccc23)c1. The molecule has 0 saturated carbocycles. The van der Waals surface area contributed by atoms with Crippen LogP contribution < -0.4 is 0 Å². The Morgan fingerprint density at radius 3 is 1.80 bits per heavy atom. The van der Waals surface area contributed by atoms with Gasteiger partial charge in [-0.25, -0.2) is 0 Å². The van der Waals surface area contributed by atoms with E-state index in [1.54, 1.807) is 0 Å². The summed E-state index contributed by atoms with van der Waals surface area (Å²) in [6, 6.07) is 52.3. The summed E-state index contributed by atoms with van der Waals surface area (Å²) in [5.41, 5.74) is 6.66. The van der Waals surface area contributed by atoms with E-state index in [-0.39, 0.29) is 0 Å². The first-order chi connectivity index (χ1) is 21.7. The molecule has 0 fully saturated rings. The van der Waals surface area contributed by atoms with E-state index < -0.39 is 0 Å². The van der Waals surface area contributed by atoms with Crippen LogP contribution in [-0.4, -0.2) is 0 Å². The zero-order valence-corrected chi connectivity index (χ0v) is 25.5. The summed E-state index contributed by atoms with van der Waals surface area (Å²) < 4.78 is 0. The van der Waals surface area contributed by atoms with Gasteiger partial charge in [0.15, 0.2) is 0 Å². The molecule has 1 unspecified atom stereocenters. The van der Waals surface area contributed by atoms with Crippen LogP contribution in [0.4, 0.5) is 0 Å². The lowest BCUT2D eigenvalue weighted by atomic mass is 9.84. The fourth-order valence-corrected chi connectivity index (χ4v) is 7.34. The second-order valence-electron chi connectivity index (χ2n) is 12.4. The van der Waals surface area contributed by atoms with Gasteiger partial charge in [-0.3, -0.25) is 0 Å². The quantitative estimate of drug-likeness (QED) is 0.139. The minimum Gasteiger partial charge on any atom is -0.0654 e. The molecular formula is C44H36. The van der Waals surface area contributed by atoms with Crippen molar-refractivity contribution >= 4 is 53.9 Å². The van der Waals surface area contributed by atoms with Gasteiger partial charge in [-0.1, -0.05) is 148 Å². The van der Waals surface area contributed by atoms with Gasteiger partial charge < -0.3 is 0 Å². The van der Waals surface area contributed by atoms with Crippen molar-refractivity contribution in [3.63, 3.8) is 0 Å². The van der Waals surface area contributed by atoms with Crippen molar-refractivity contribution < 1.29 is 0 Å². The maximum atomic E-state index is 2.49. The van der Waals surface area contributed by atoms with Crippen LogP contribution in [0.1, 0.15) is 44.6 Å². The molecule has 1 atom stereocenters. The average Bonchev–Trinajstić information content (AvgIpc) is 3.09. The van der Waals surface area contributed by atoms with Gasteiger partial charge in [-0.05, 0) is 112 Å². The highest BCUT2D eigenvalue weighted by Crippen LogP contribution is 2.43. The van der Waals surface area contributed by atoms with Crippen molar-refractivity contribution in [3.8, 4) is 22.3 Å². The first kappa shape index (κ1) is 26.7. The number of hydrogen-bond donors (Lipinski definition) is 0. The van der Waals surface area contributed by atoms with Crippen LogP contribution in [0, 0.1) is 0 Å². The summed E-state index contributed by atoms with van der Waals surface area (Å²) in [6.07, 6.45) is 3.65. The van der Waals surface area contributed by atoms with Crippen LogP contribution in [0.15, 0.2) is 140 Å². The van der Waals surface area contributed by atoms with Crippen molar-refractivity contribution in [3.05, 3.63) is 145 Å². The standard InChI is InChI=1S/C44H36/c1-3-4-13-29(2)33-24-34(42-27-31-15-6-9-18-37(31)39-20-11-12-21-40(39)42)26-35(25-33)44-38-19-10-7-16-32(38)28-43-36-17-8-5-14-30(36)22-23-41(43)44/h5-12,14-29H,3-4,13H2,1-2H3. The molecular weight excluding hydrogens is 528 g/mol. The van der Waals surface area contributed by atoms with Gasteiger partial charge in [-0.15, -0.1) is 0 Å². The van der Waals surface area contributed by atoms with Crippen molar-refractivity contribution in [2.45, 2.75) is 39.0 Å². The van der Waals surface area contributed by atoms with E-state index >= 15 is 0 Å². The van der Waals surface area contributed by atoms with Gasteiger partial charge >= 0.3 is 0 Å². The van der Waals surface area contributed by atoms with E-state index in [2.05, 4.69) is 153 Å². The Labute approximate surface area is 259 Å². The zero-order valence-electron chi connectivity index (χ0n) is 25.5. The normalized spacial score (nSPS) is 12.5. The van der Waals surface area contributed by atoms with Crippen molar-refractivity contribution in [2.24, 2.45) is 0 Å². The van der Waals surface area contributed by atoms with Crippen molar-refractivity contribution in [2.75, 3.05) is 0 Å². The first-order valence-corrected chi connectivity index (χ1v) is 16.1. The summed E-state index contributed by atoms with van der Waals surface area (Å²) in [6.45, 7) is 4.70. The third-order valence-electron chi connectivity index (χ3n) is 9.65. The molecule has 8 aromatic carbocycles. The molecule has 0 bridgehead atoms. The molecule has 8 rings (SSSR count). The minimum atomic E-state index is 0.474. The van der Waals surface area contributed by atoms with Gasteiger partial charge in [0.1, 0.15) is 0 Å². The molecule has 0 amide bonds. The van der Waals surface area contributed by atoms with Gasteiger partial charge in [-0.2, -0.15) is 0 Å². The second kappa shape index (κ2) is 11.0. The Bertz CT molecular complexity index is 2340. The zero-order chi connectivity index (χ0) is 29.6. The predicted molar refractivity (Wildman–Crippen MR) is 193 cm³/mol. The number of fused-ring (bicyclic) bond motifs is 7. The summed E-state index contributed by atoms with van der Waals surface area (Å²) >= 11 is 0. The number of hydrogen-bond acceptors (Lipinski definition) is 0.